The van der Waals surface area contributed by atoms with Crippen LogP contribution in [-0.4, -0.2) is 37.3 Å². The van der Waals surface area contributed by atoms with Crippen molar-refractivity contribution in [3.05, 3.63) is 29.8 Å². The van der Waals surface area contributed by atoms with Crippen LogP contribution in [0, 0.1) is 0 Å². The SMILES string of the molecule is CC(C)(C)OC(=O)NCCCCCC(=O)Oc1ccc(CCC(C)(C)[Si](C)(C)O)cc1. The zero-order chi connectivity index (χ0) is 23.7. The molecule has 1 amide bonds. The van der Waals surface area contributed by atoms with Gasteiger partial charge in [0.2, 0.25) is 0 Å². The highest BCUT2D eigenvalue weighted by Crippen LogP contribution is 2.39. The highest BCUT2D eigenvalue weighted by atomic mass is 28.4. The summed E-state index contributed by atoms with van der Waals surface area (Å²) in [6, 6.07) is 7.61. The van der Waals surface area contributed by atoms with Gasteiger partial charge in [-0.25, -0.2) is 4.79 Å². The standard InChI is InChI=1S/C24H41NO5Si/c1-23(2,3)30-22(27)25-18-10-8-9-11-21(26)29-20-14-12-19(13-15-20)16-17-24(4,5)31(6,7)28/h12-15,28H,8-11,16-18H2,1-7H3,(H,25,27). The minimum atomic E-state index is -2.20. The van der Waals surface area contributed by atoms with Gasteiger partial charge in [-0.2, -0.15) is 0 Å². The number of unbranched alkanes of at least 4 members (excludes halogenated alkanes) is 2. The number of aryl methyl sites for hydroxylation is 1. The van der Waals surface area contributed by atoms with Gasteiger partial charge in [0.15, 0.2) is 8.32 Å². The van der Waals surface area contributed by atoms with Crippen LogP contribution in [0.25, 0.3) is 0 Å². The van der Waals surface area contributed by atoms with E-state index in [1.54, 1.807) is 0 Å². The van der Waals surface area contributed by atoms with E-state index in [1.165, 1.54) is 5.56 Å². The number of carbonyl (C=O) groups is 2. The predicted molar refractivity (Wildman–Crippen MR) is 127 cm³/mol. The Morgan fingerprint density at radius 3 is 2.16 bits per heavy atom. The largest absolute Gasteiger partial charge is 0.444 e. The third kappa shape index (κ3) is 11.4. The molecule has 2 N–H and O–H groups in total. The Bertz CT molecular complexity index is 702. The lowest BCUT2D eigenvalue weighted by Gasteiger charge is -2.35. The summed E-state index contributed by atoms with van der Waals surface area (Å²) >= 11 is 0. The molecule has 6 nitrogen and oxygen atoms in total. The van der Waals surface area contributed by atoms with Crippen LogP contribution in [0.15, 0.2) is 24.3 Å². The number of carbonyl (C=O) groups excluding carboxylic acids is 2. The molecule has 176 valence electrons. The molecule has 7 heteroatoms. The van der Waals surface area contributed by atoms with Crippen molar-refractivity contribution in [2.75, 3.05) is 6.54 Å². The van der Waals surface area contributed by atoms with Crippen LogP contribution in [0.1, 0.15) is 72.3 Å². The molecule has 1 aromatic carbocycles. The molecule has 1 rings (SSSR count). The van der Waals surface area contributed by atoms with E-state index in [2.05, 4.69) is 19.2 Å². The van der Waals surface area contributed by atoms with Gasteiger partial charge in [-0.15, -0.1) is 0 Å². The van der Waals surface area contributed by atoms with Crippen molar-refractivity contribution in [2.45, 2.75) is 96.9 Å². The number of rotatable bonds is 11. The molecule has 1 aromatic rings. The Kier molecular flexibility index (Phi) is 10.2. The van der Waals surface area contributed by atoms with Crippen LogP contribution in [0.4, 0.5) is 4.79 Å². The van der Waals surface area contributed by atoms with Gasteiger partial charge < -0.3 is 19.6 Å². The Morgan fingerprint density at radius 2 is 1.61 bits per heavy atom. The molecule has 0 aliphatic heterocycles. The molecule has 0 heterocycles. The van der Waals surface area contributed by atoms with Gasteiger partial charge in [0.1, 0.15) is 11.4 Å². The minimum Gasteiger partial charge on any atom is -0.444 e. The monoisotopic (exact) mass is 451 g/mol. The van der Waals surface area contributed by atoms with Crippen LogP contribution in [0.5, 0.6) is 5.75 Å². The number of esters is 1. The molecule has 0 aliphatic rings. The summed E-state index contributed by atoms with van der Waals surface area (Å²) in [5.41, 5.74) is 0.671. The summed E-state index contributed by atoms with van der Waals surface area (Å²) in [4.78, 5) is 34.0. The van der Waals surface area contributed by atoms with Crippen LogP contribution >= 0.6 is 0 Å². The second kappa shape index (κ2) is 11.7. The first kappa shape index (κ1) is 27.2. The molecule has 0 spiro atoms. The number of nitrogens with one attached hydrogen (secondary N) is 1. The van der Waals surface area contributed by atoms with E-state index in [1.807, 2.05) is 58.1 Å². The third-order valence-corrected chi connectivity index (χ3v) is 9.14. The van der Waals surface area contributed by atoms with Crippen molar-refractivity contribution >= 4 is 20.4 Å². The molecule has 0 bridgehead atoms. The molecular weight excluding hydrogens is 410 g/mol. The summed E-state index contributed by atoms with van der Waals surface area (Å²) in [5, 5.41) is 2.66. The quantitative estimate of drug-likeness (QED) is 0.198. The smallest absolute Gasteiger partial charge is 0.407 e. The van der Waals surface area contributed by atoms with Gasteiger partial charge in [0.05, 0.1) is 0 Å². The summed E-state index contributed by atoms with van der Waals surface area (Å²) in [7, 11) is -2.20. The molecular formula is C24H41NO5Si. The molecule has 0 aliphatic carbocycles. The van der Waals surface area contributed by atoms with Gasteiger partial charge in [0, 0.05) is 13.0 Å². The average molecular weight is 452 g/mol. The molecule has 0 atom stereocenters. The fraction of sp³-hybridized carbons (Fsp3) is 0.667. The number of amides is 1. The van der Waals surface area contributed by atoms with E-state index >= 15 is 0 Å². The van der Waals surface area contributed by atoms with E-state index in [-0.39, 0.29) is 11.0 Å². The highest BCUT2D eigenvalue weighted by Gasteiger charge is 2.37. The third-order valence-electron chi connectivity index (χ3n) is 5.58. The normalized spacial score (nSPS) is 12.4. The van der Waals surface area contributed by atoms with Crippen molar-refractivity contribution in [3.63, 3.8) is 0 Å². The van der Waals surface area contributed by atoms with Crippen molar-refractivity contribution < 1.29 is 23.9 Å². The fourth-order valence-corrected chi connectivity index (χ4v) is 3.48. The zero-order valence-electron chi connectivity index (χ0n) is 20.3. The molecule has 31 heavy (non-hydrogen) atoms. The lowest BCUT2D eigenvalue weighted by atomic mass is 10.0. The summed E-state index contributed by atoms with van der Waals surface area (Å²) in [6.45, 7) is 14.2. The topological polar surface area (TPSA) is 84.9 Å². The second-order valence-corrected chi connectivity index (χ2v) is 14.8. The van der Waals surface area contributed by atoms with Crippen molar-refractivity contribution in [1.29, 1.82) is 0 Å². The Morgan fingerprint density at radius 1 is 1.00 bits per heavy atom. The minimum absolute atomic E-state index is 0.0550. The molecule has 0 aromatic heterocycles. The Labute approximate surface area is 188 Å². The maximum Gasteiger partial charge on any atom is 0.407 e. The van der Waals surface area contributed by atoms with Crippen molar-refractivity contribution in [1.82, 2.24) is 5.32 Å². The van der Waals surface area contributed by atoms with Crippen molar-refractivity contribution in [2.24, 2.45) is 0 Å². The summed E-state index contributed by atoms with van der Waals surface area (Å²) < 4.78 is 10.6. The summed E-state index contributed by atoms with van der Waals surface area (Å²) in [5.74, 6) is 0.304. The van der Waals surface area contributed by atoms with E-state index in [0.717, 1.165) is 25.7 Å². The summed E-state index contributed by atoms with van der Waals surface area (Å²) in [6.07, 6.45) is 4.05. The Hall–Kier alpha value is -1.86. The maximum atomic E-state index is 12.0. The van der Waals surface area contributed by atoms with Crippen LogP contribution in [-0.2, 0) is 16.0 Å². The van der Waals surface area contributed by atoms with Gasteiger partial charge in [0.25, 0.3) is 0 Å². The first-order valence-corrected chi connectivity index (χ1v) is 14.1. The van der Waals surface area contributed by atoms with Crippen LogP contribution in [0.2, 0.25) is 18.1 Å². The lowest BCUT2D eigenvalue weighted by molar-refractivity contribution is -0.134. The van der Waals surface area contributed by atoms with E-state index in [4.69, 9.17) is 9.47 Å². The lowest BCUT2D eigenvalue weighted by Crippen LogP contribution is -2.39. The first-order chi connectivity index (χ1) is 14.2. The zero-order valence-corrected chi connectivity index (χ0v) is 21.3. The van der Waals surface area contributed by atoms with Crippen LogP contribution < -0.4 is 10.1 Å². The van der Waals surface area contributed by atoms with E-state index in [0.29, 0.717) is 25.1 Å². The first-order valence-electron chi connectivity index (χ1n) is 11.2. The van der Waals surface area contributed by atoms with Crippen molar-refractivity contribution in [3.8, 4) is 5.75 Å². The number of benzene rings is 1. The predicted octanol–water partition coefficient (Wildman–Crippen LogP) is 5.59. The van der Waals surface area contributed by atoms with Crippen LogP contribution in [0.3, 0.4) is 0 Å². The van der Waals surface area contributed by atoms with E-state index < -0.39 is 20.0 Å². The number of alkyl carbamates (subject to hydrolysis) is 1. The number of hydrogen-bond acceptors (Lipinski definition) is 5. The van der Waals surface area contributed by atoms with Gasteiger partial charge >= 0.3 is 12.1 Å². The van der Waals surface area contributed by atoms with Gasteiger partial charge in [-0.3, -0.25) is 4.79 Å². The molecule has 0 radical (unpaired) electrons. The molecule has 0 unspecified atom stereocenters. The molecule has 0 saturated heterocycles. The fourth-order valence-electron chi connectivity index (χ4n) is 2.75. The molecule has 0 fully saturated rings. The maximum absolute atomic E-state index is 12.0. The van der Waals surface area contributed by atoms with Gasteiger partial charge in [-0.1, -0.05) is 32.4 Å². The second-order valence-electron chi connectivity index (χ2n) is 10.3. The highest BCUT2D eigenvalue weighted by molar-refractivity contribution is 6.72. The van der Waals surface area contributed by atoms with Gasteiger partial charge in [-0.05, 0) is 82.3 Å². The number of ether oxygens (including phenoxy) is 2. The number of hydrogen-bond donors (Lipinski definition) is 2. The average Bonchev–Trinajstić information content (AvgIpc) is 2.61. The van der Waals surface area contributed by atoms with E-state index in [9.17, 15) is 14.4 Å². The Balaban J connectivity index is 2.26. The molecule has 0 saturated carbocycles.